The zero-order chi connectivity index (χ0) is 30.6. The third-order valence-electron chi connectivity index (χ3n) is 6.19. The van der Waals surface area contributed by atoms with Gasteiger partial charge < -0.3 is 25.4 Å². The monoisotopic (exact) mass is 595 g/mol. The number of anilines is 2. The number of ether oxygens (including phenoxy) is 2. The molecule has 0 saturated heterocycles. The summed E-state index contributed by atoms with van der Waals surface area (Å²) in [6.07, 6.45) is 1.61. The van der Waals surface area contributed by atoms with Gasteiger partial charge in [-0.1, -0.05) is 42.5 Å². The fourth-order valence-electron chi connectivity index (χ4n) is 3.99. The number of carbonyl (C=O) groups excluding carboxylic acids is 3. The van der Waals surface area contributed by atoms with Crippen molar-refractivity contribution in [2.45, 2.75) is 24.0 Å². The Morgan fingerprint density at radius 2 is 1.51 bits per heavy atom. The molecule has 0 aliphatic rings. The van der Waals surface area contributed by atoms with Gasteiger partial charge in [-0.3, -0.25) is 14.4 Å². The quantitative estimate of drug-likeness (QED) is 0.126. The second kappa shape index (κ2) is 15.3. The average molecular weight is 596 g/mol. The van der Waals surface area contributed by atoms with E-state index >= 15 is 0 Å². The summed E-state index contributed by atoms with van der Waals surface area (Å²) in [5.41, 5.74) is 2.37. The summed E-state index contributed by atoms with van der Waals surface area (Å²) >= 11 is 1.39. The predicted octanol–water partition coefficient (Wildman–Crippen LogP) is 6.62. The summed E-state index contributed by atoms with van der Waals surface area (Å²) in [7, 11) is 1.56. The number of nitrogens with one attached hydrogen (secondary N) is 3. The molecule has 1 unspecified atom stereocenters. The lowest BCUT2D eigenvalue weighted by molar-refractivity contribution is -0.115. The molecule has 0 heterocycles. The molecular weight excluding hydrogens is 562 g/mol. The van der Waals surface area contributed by atoms with Gasteiger partial charge in [0.05, 0.1) is 24.7 Å². The van der Waals surface area contributed by atoms with Crippen LogP contribution in [0.25, 0.3) is 6.08 Å². The molecule has 1 atom stereocenters. The molecule has 0 aromatic heterocycles. The molecule has 0 bridgehead atoms. The maximum atomic E-state index is 13.3. The van der Waals surface area contributed by atoms with Gasteiger partial charge in [0.1, 0.15) is 17.2 Å². The Bertz CT molecular complexity index is 1570. The fourth-order valence-corrected chi connectivity index (χ4v) is 4.86. The minimum atomic E-state index is -0.483. The maximum Gasteiger partial charge on any atom is 0.272 e. The number of rotatable bonds is 12. The summed E-state index contributed by atoms with van der Waals surface area (Å²) in [6, 6.07) is 30.3. The van der Waals surface area contributed by atoms with E-state index in [-0.39, 0.29) is 16.9 Å². The van der Waals surface area contributed by atoms with Crippen LogP contribution < -0.4 is 25.4 Å². The van der Waals surface area contributed by atoms with Crippen LogP contribution in [0.3, 0.4) is 0 Å². The number of hydrogen-bond acceptors (Lipinski definition) is 6. The predicted molar refractivity (Wildman–Crippen MR) is 172 cm³/mol. The summed E-state index contributed by atoms with van der Waals surface area (Å²) < 4.78 is 10.8. The topological polar surface area (TPSA) is 106 Å². The highest BCUT2D eigenvalue weighted by atomic mass is 32.2. The van der Waals surface area contributed by atoms with Crippen LogP contribution in [-0.2, 0) is 9.59 Å². The van der Waals surface area contributed by atoms with Crippen molar-refractivity contribution in [1.29, 1.82) is 0 Å². The highest BCUT2D eigenvalue weighted by molar-refractivity contribution is 8.00. The number of thioether (sulfide) groups is 1. The first kappa shape index (κ1) is 30.9. The van der Waals surface area contributed by atoms with E-state index in [2.05, 4.69) is 16.0 Å². The number of carbonyl (C=O) groups is 3. The van der Waals surface area contributed by atoms with Crippen molar-refractivity contribution in [3.05, 3.63) is 120 Å². The molecule has 4 aromatic rings. The molecule has 0 aliphatic heterocycles. The lowest BCUT2D eigenvalue weighted by Gasteiger charge is -2.15. The molecule has 220 valence electrons. The zero-order valence-electron chi connectivity index (χ0n) is 24.1. The zero-order valence-corrected chi connectivity index (χ0v) is 24.9. The molecule has 8 nitrogen and oxygen atoms in total. The highest BCUT2D eigenvalue weighted by Gasteiger charge is 2.18. The van der Waals surface area contributed by atoms with E-state index < -0.39 is 11.8 Å². The second-order valence-electron chi connectivity index (χ2n) is 9.31. The van der Waals surface area contributed by atoms with Crippen LogP contribution in [0.1, 0.15) is 29.8 Å². The first-order valence-corrected chi connectivity index (χ1v) is 14.6. The van der Waals surface area contributed by atoms with Crippen LogP contribution in [-0.4, -0.2) is 36.7 Å². The van der Waals surface area contributed by atoms with Crippen molar-refractivity contribution in [1.82, 2.24) is 5.32 Å². The maximum absolute atomic E-state index is 13.3. The third kappa shape index (κ3) is 8.98. The van der Waals surface area contributed by atoms with Crippen LogP contribution in [0.4, 0.5) is 11.4 Å². The fraction of sp³-hybridized carbons (Fsp3) is 0.147. The van der Waals surface area contributed by atoms with Crippen LogP contribution in [0.15, 0.2) is 114 Å². The van der Waals surface area contributed by atoms with Crippen molar-refractivity contribution in [2.24, 2.45) is 0 Å². The third-order valence-corrected chi connectivity index (χ3v) is 7.30. The van der Waals surface area contributed by atoms with E-state index in [4.69, 9.17) is 9.47 Å². The van der Waals surface area contributed by atoms with Gasteiger partial charge >= 0.3 is 0 Å². The number of hydrogen-bond donors (Lipinski definition) is 3. The summed E-state index contributed by atoms with van der Waals surface area (Å²) in [6.45, 7) is 4.27. The molecule has 4 rings (SSSR count). The van der Waals surface area contributed by atoms with E-state index in [1.807, 2.05) is 56.3 Å². The largest absolute Gasteiger partial charge is 0.495 e. The first-order valence-electron chi connectivity index (χ1n) is 13.7. The van der Waals surface area contributed by atoms with Gasteiger partial charge in [0.15, 0.2) is 0 Å². The number of benzene rings is 4. The van der Waals surface area contributed by atoms with E-state index in [0.29, 0.717) is 40.6 Å². The Morgan fingerprint density at radius 3 is 2.19 bits per heavy atom. The molecule has 0 fully saturated rings. The molecule has 4 aromatic carbocycles. The molecule has 43 heavy (non-hydrogen) atoms. The smallest absolute Gasteiger partial charge is 0.272 e. The Balaban J connectivity index is 1.44. The molecule has 0 aliphatic carbocycles. The lowest BCUT2D eigenvalue weighted by atomic mass is 10.1. The highest BCUT2D eigenvalue weighted by Crippen LogP contribution is 2.28. The summed E-state index contributed by atoms with van der Waals surface area (Å²) in [4.78, 5) is 39.9. The van der Waals surface area contributed by atoms with E-state index in [9.17, 15) is 14.4 Å². The number of amides is 3. The van der Waals surface area contributed by atoms with E-state index in [0.717, 1.165) is 4.90 Å². The van der Waals surface area contributed by atoms with Gasteiger partial charge in [-0.05, 0) is 86.2 Å². The molecule has 0 radical (unpaired) electrons. The SMILES string of the molecule is CCOc1ccc(/C=C(\NC(=O)c2ccccc2)C(=O)Nc2ccc(SC(C)C(=O)Nc3ccccc3OC)cc2)cc1. The van der Waals surface area contributed by atoms with Gasteiger partial charge in [0.2, 0.25) is 5.91 Å². The molecule has 3 N–H and O–H groups in total. The lowest BCUT2D eigenvalue weighted by Crippen LogP contribution is -2.30. The van der Waals surface area contributed by atoms with Crippen molar-refractivity contribution < 1.29 is 23.9 Å². The molecular formula is C34H33N3O5S. The van der Waals surface area contributed by atoms with Crippen molar-refractivity contribution in [2.75, 3.05) is 24.4 Å². The normalized spacial score (nSPS) is 11.7. The Hall–Kier alpha value is -5.02. The van der Waals surface area contributed by atoms with Crippen molar-refractivity contribution >= 4 is 46.9 Å². The molecule has 3 amide bonds. The summed E-state index contributed by atoms with van der Waals surface area (Å²) in [5.74, 6) is 0.251. The number of methoxy groups -OCH3 is 1. The van der Waals surface area contributed by atoms with Crippen LogP contribution in [0.5, 0.6) is 11.5 Å². The Kier molecular flexibility index (Phi) is 11.0. The minimum Gasteiger partial charge on any atom is -0.495 e. The molecule has 0 saturated carbocycles. The van der Waals surface area contributed by atoms with Gasteiger partial charge in [0, 0.05) is 16.1 Å². The first-order chi connectivity index (χ1) is 20.9. The van der Waals surface area contributed by atoms with Gasteiger partial charge in [0.25, 0.3) is 11.8 Å². The van der Waals surface area contributed by atoms with E-state index in [1.54, 1.807) is 73.8 Å². The number of para-hydroxylation sites is 2. The second-order valence-corrected chi connectivity index (χ2v) is 10.7. The Morgan fingerprint density at radius 1 is 0.837 bits per heavy atom. The van der Waals surface area contributed by atoms with Gasteiger partial charge in [-0.25, -0.2) is 0 Å². The van der Waals surface area contributed by atoms with Gasteiger partial charge in [-0.15, -0.1) is 11.8 Å². The summed E-state index contributed by atoms with van der Waals surface area (Å²) in [5, 5.41) is 8.10. The standard InChI is InChI=1S/C34H33N3O5S/c1-4-42-27-18-14-24(15-19-27)22-30(37-33(39)25-10-6-5-7-11-25)34(40)35-26-16-20-28(21-17-26)43-23(2)32(38)36-29-12-8-9-13-31(29)41-3/h5-23H,4H2,1-3H3,(H,35,40)(H,36,38)(H,37,39)/b30-22-. The minimum absolute atomic E-state index is 0.0816. The molecule has 9 heteroatoms. The van der Waals surface area contributed by atoms with Crippen LogP contribution in [0.2, 0.25) is 0 Å². The van der Waals surface area contributed by atoms with Crippen LogP contribution >= 0.6 is 11.8 Å². The Labute approximate surface area is 255 Å². The molecule has 0 spiro atoms. The van der Waals surface area contributed by atoms with Crippen molar-refractivity contribution in [3.8, 4) is 11.5 Å². The van der Waals surface area contributed by atoms with Gasteiger partial charge in [-0.2, -0.15) is 0 Å². The average Bonchev–Trinajstić information content (AvgIpc) is 3.03. The van der Waals surface area contributed by atoms with E-state index in [1.165, 1.54) is 11.8 Å². The van der Waals surface area contributed by atoms with Crippen molar-refractivity contribution in [3.63, 3.8) is 0 Å². The van der Waals surface area contributed by atoms with Crippen LogP contribution in [0, 0.1) is 0 Å².